The lowest BCUT2D eigenvalue weighted by atomic mass is 9.80. The van der Waals surface area contributed by atoms with Crippen molar-refractivity contribution in [3.05, 3.63) is 23.8 Å². The summed E-state index contributed by atoms with van der Waals surface area (Å²) in [5, 5.41) is 0. The van der Waals surface area contributed by atoms with Crippen molar-refractivity contribution in [1.29, 1.82) is 0 Å². The Morgan fingerprint density at radius 2 is 1.97 bits per heavy atom. The van der Waals surface area contributed by atoms with Gasteiger partial charge in [0.05, 0.1) is 36.3 Å². The molecule has 1 aromatic carbocycles. The van der Waals surface area contributed by atoms with E-state index in [-0.39, 0.29) is 12.1 Å². The van der Waals surface area contributed by atoms with Gasteiger partial charge in [-0.2, -0.15) is 4.31 Å². The van der Waals surface area contributed by atoms with E-state index in [2.05, 4.69) is 18.6 Å². The lowest BCUT2D eigenvalue weighted by molar-refractivity contribution is -0.0173. The molecule has 34 heavy (non-hydrogen) atoms. The van der Waals surface area contributed by atoms with Crippen molar-refractivity contribution in [2.24, 2.45) is 11.8 Å². The van der Waals surface area contributed by atoms with Crippen LogP contribution in [0.15, 0.2) is 23.1 Å². The fourth-order valence-corrected chi connectivity index (χ4v) is 8.10. The molecule has 9 heteroatoms. The van der Waals surface area contributed by atoms with E-state index in [1.165, 1.54) is 0 Å². The zero-order chi connectivity index (χ0) is 24.3. The van der Waals surface area contributed by atoms with Crippen LogP contribution in [-0.4, -0.2) is 61.5 Å². The number of benzene rings is 1. The van der Waals surface area contributed by atoms with E-state index in [9.17, 15) is 13.0 Å². The standard InChI is InChI=1S/C25H40N2O5S2/c1-18(2)19-8-10-21(11-9-19)32-17-24-23(26-33(3)28)7-4-14-27(24)34(29,30)22-12-13-25-20(16-22)6-5-15-31-25/h12-13,16,18-19,21,23-24,26H,4-11,14-15,17H2,1-3H3/t19?,21?,23?,24?,33-/m1/s1. The van der Waals surface area contributed by atoms with Gasteiger partial charge in [-0.25, -0.2) is 8.42 Å². The maximum Gasteiger partial charge on any atom is 0.243 e. The predicted molar refractivity (Wildman–Crippen MR) is 135 cm³/mol. The van der Waals surface area contributed by atoms with E-state index in [0.29, 0.717) is 30.6 Å². The van der Waals surface area contributed by atoms with Gasteiger partial charge in [-0.3, -0.25) is 0 Å². The van der Waals surface area contributed by atoms with E-state index < -0.39 is 27.4 Å². The molecule has 0 aromatic heterocycles. The molecule has 7 nitrogen and oxygen atoms in total. The van der Waals surface area contributed by atoms with Gasteiger partial charge in [-0.15, -0.1) is 4.72 Å². The van der Waals surface area contributed by atoms with Gasteiger partial charge in [0.2, 0.25) is 10.0 Å². The molecule has 2 unspecified atom stereocenters. The minimum absolute atomic E-state index is 0.162. The summed E-state index contributed by atoms with van der Waals surface area (Å²) in [4.78, 5) is 0.303. The van der Waals surface area contributed by atoms with Crippen LogP contribution in [0.4, 0.5) is 0 Å². The van der Waals surface area contributed by atoms with Gasteiger partial charge >= 0.3 is 0 Å². The normalized spacial score (nSPS) is 29.4. The summed E-state index contributed by atoms with van der Waals surface area (Å²) in [5.74, 6) is 2.22. The Labute approximate surface area is 208 Å². The molecule has 3 aliphatic rings. The second kappa shape index (κ2) is 11.5. The second-order valence-electron chi connectivity index (χ2n) is 10.3. The highest BCUT2D eigenvalue weighted by atomic mass is 32.2. The van der Waals surface area contributed by atoms with Gasteiger partial charge < -0.3 is 14.0 Å². The second-order valence-corrected chi connectivity index (χ2v) is 13.4. The van der Waals surface area contributed by atoms with Crippen LogP contribution in [0.25, 0.3) is 0 Å². The third-order valence-corrected chi connectivity index (χ3v) is 10.3. The van der Waals surface area contributed by atoms with E-state index in [1.54, 1.807) is 28.8 Å². The third kappa shape index (κ3) is 6.10. The molecule has 1 aromatic rings. The number of piperidine rings is 1. The fourth-order valence-electron chi connectivity index (χ4n) is 5.66. The van der Waals surface area contributed by atoms with Crippen LogP contribution in [0.3, 0.4) is 0 Å². The molecular weight excluding hydrogens is 472 g/mol. The number of aryl methyl sites for hydroxylation is 1. The Balaban J connectivity index is 1.51. The van der Waals surface area contributed by atoms with Gasteiger partial charge in [0.25, 0.3) is 0 Å². The summed E-state index contributed by atoms with van der Waals surface area (Å²) in [6, 6.07) is 4.60. The van der Waals surface area contributed by atoms with E-state index >= 15 is 0 Å². The van der Waals surface area contributed by atoms with Crippen LogP contribution in [0.2, 0.25) is 0 Å². The summed E-state index contributed by atoms with van der Waals surface area (Å²) in [6.07, 6.45) is 9.33. The molecule has 192 valence electrons. The van der Waals surface area contributed by atoms with Crippen LogP contribution in [0.1, 0.15) is 64.4 Å². The van der Waals surface area contributed by atoms with Gasteiger partial charge in [0.1, 0.15) is 12.0 Å². The van der Waals surface area contributed by atoms with Crippen molar-refractivity contribution in [2.45, 2.75) is 88.3 Å². The first-order valence-corrected chi connectivity index (χ1v) is 15.7. The Kier molecular flexibility index (Phi) is 8.85. The topological polar surface area (TPSA) is 90.9 Å². The summed E-state index contributed by atoms with van der Waals surface area (Å²) in [5.41, 5.74) is 0.948. The quantitative estimate of drug-likeness (QED) is 0.535. The number of fused-ring (bicyclic) bond motifs is 1. The smallest absolute Gasteiger partial charge is 0.243 e. The third-order valence-electron chi connectivity index (χ3n) is 7.70. The maximum atomic E-state index is 13.8. The molecule has 2 fully saturated rings. The van der Waals surface area contributed by atoms with Crippen molar-refractivity contribution in [1.82, 2.24) is 9.03 Å². The molecule has 0 spiro atoms. The van der Waals surface area contributed by atoms with Crippen molar-refractivity contribution in [3.8, 4) is 5.75 Å². The Hall–Kier alpha value is -0.840. The van der Waals surface area contributed by atoms with Crippen LogP contribution >= 0.6 is 0 Å². The molecule has 2 heterocycles. The van der Waals surface area contributed by atoms with E-state index in [4.69, 9.17) is 9.47 Å². The number of hydrogen-bond donors (Lipinski definition) is 1. The first-order chi connectivity index (χ1) is 16.3. The average molecular weight is 513 g/mol. The van der Waals surface area contributed by atoms with Crippen LogP contribution in [0.5, 0.6) is 5.75 Å². The number of nitrogens with zero attached hydrogens (tertiary/aromatic N) is 1. The summed E-state index contributed by atoms with van der Waals surface area (Å²) in [6.45, 7) is 6.00. The highest BCUT2D eigenvalue weighted by Gasteiger charge is 2.41. The molecule has 2 aliphatic heterocycles. The zero-order valence-corrected chi connectivity index (χ0v) is 22.3. The molecule has 1 N–H and O–H groups in total. The molecule has 1 saturated heterocycles. The minimum atomic E-state index is -3.73. The summed E-state index contributed by atoms with van der Waals surface area (Å²) >= 11 is -1.23. The highest BCUT2D eigenvalue weighted by molar-refractivity contribution is 7.89. The molecule has 0 radical (unpaired) electrons. The molecule has 0 amide bonds. The van der Waals surface area contributed by atoms with Gasteiger partial charge in [0, 0.05) is 17.9 Å². The molecule has 1 saturated carbocycles. The largest absolute Gasteiger partial charge is 0.598 e. The van der Waals surface area contributed by atoms with Gasteiger partial charge in [-0.1, -0.05) is 13.8 Å². The number of ether oxygens (including phenoxy) is 2. The van der Waals surface area contributed by atoms with Crippen molar-refractivity contribution in [3.63, 3.8) is 0 Å². The molecular formula is C25H40N2O5S2. The first kappa shape index (κ1) is 26.2. The Morgan fingerprint density at radius 1 is 1.21 bits per heavy atom. The number of hydrogen-bond acceptors (Lipinski definition) is 6. The lowest BCUT2D eigenvalue weighted by Gasteiger charge is -2.41. The van der Waals surface area contributed by atoms with Crippen molar-refractivity contribution < 1.29 is 22.4 Å². The van der Waals surface area contributed by atoms with Crippen LogP contribution < -0.4 is 9.46 Å². The first-order valence-electron chi connectivity index (χ1n) is 12.7. The minimum Gasteiger partial charge on any atom is -0.598 e. The predicted octanol–water partition coefficient (Wildman–Crippen LogP) is 3.65. The van der Waals surface area contributed by atoms with E-state index in [0.717, 1.165) is 68.6 Å². The van der Waals surface area contributed by atoms with Gasteiger partial charge in [-0.05, 0) is 87.0 Å². The van der Waals surface area contributed by atoms with Crippen LogP contribution in [-0.2, 0) is 32.5 Å². The number of sulfonamides is 1. The Bertz CT molecular complexity index is 916. The summed E-state index contributed by atoms with van der Waals surface area (Å²) in [7, 11) is -3.73. The fraction of sp³-hybridized carbons (Fsp3) is 0.760. The summed E-state index contributed by atoms with van der Waals surface area (Å²) < 4.78 is 56.4. The number of rotatable bonds is 8. The SMILES string of the molecule is CC(C)C1CCC(OCC2C(N[S@@+](C)[O-])CCCN2S(=O)(=O)c2ccc3c(c2)CCCO3)CC1. The molecule has 0 bridgehead atoms. The molecule has 4 rings (SSSR count). The monoisotopic (exact) mass is 512 g/mol. The molecule has 3 atom stereocenters. The lowest BCUT2D eigenvalue weighted by Crippen LogP contribution is -2.58. The van der Waals surface area contributed by atoms with E-state index in [1.807, 2.05) is 0 Å². The Morgan fingerprint density at radius 3 is 2.68 bits per heavy atom. The van der Waals surface area contributed by atoms with Crippen LogP contribution in [0, 0.1) is 11.8 Å². The van der Waals surface area contributed by atoms with Crippen molar-refractivity contribution >= 4 is 21.4 Å². The zero-order valence-electron chi connectivity index (χ0n) is 20.7. The van der Waals surface area contributed by atoms with Gasteiger partial charge in [0.15, 0.2) is 0 Å². The van der Waals surface area contributed by atoms with Crippen molar-refractivity contribution in [2.75, 3.05) is 26.0 Å². The number of nitrogens with one attached hydrogen (secondary N) is 1. The maximum absolute atomic E-state index is 13.8. The molecule has 1 aliphatic carbocycles. The highest BCUT2D eigenvalue weighted by Crippen LogP contribution is 2.34. The average Bonchev–Trinajstić information content (AvgIpc) is 2.82.